The molecular formula is C66H38N4. The maximum atomic E-state index is 5.55. The van der Waals surface area contributed by atoms with E-state index in [0.717, 1.165) is 55.7 Å². The minimum Gasteiger partial charge on any atom is -0.309 e. The minimum absolute atomic E-state index is 0.727. The molecule has 16 rings (SSSR count). The Bertz CT molecular complexity index is 4750. The molecule has 1 aliphatic carbocycles. The van der Waals surface area contributed by atoms with Crippen LogP contribution < -0.4 is 0 Å². The number of hydrogen-bond acceptors (Lipinski definition) is 2. The Labute approximate surface area is 401 Å². The van der Waals surface area contributed by atoms with Crippen LogP contribution in [-0.2, 0) is 0 Å². The number of para-hydroxylation sites is 3. The van der Waals surface area contributed by atoms with Crippen molar-refractivity contribution in [2.24, 2.45) is 0 Å². The van der Waals surface area contributed by atoms with Gasteiger partial charge in [-0.05, 0) is 109 Å². The van der Waals surface area contributed by atoms with Crippen LogP contribution in [0.2, 0.25) is 0 Å². The number of nitrogens with zero attached hydrogens (tertiary/aromatic N) is 4. The highest BCUT2D eigenvalue weighted by atomic mass is 15.0. The third-order valence-corrected chi connectivity index (χ3v) is 15.2. The lowest BCUT2D eigenvalue weighted by Crippen LogP contribution is -1.99. The van der Waals surface area contributed by atoms with Gasteiger partial charge in [-0.3, -0.25) is 0 Å². The topological polar surface area (TPSA) is 35.6 Å². The molecular weight excluding hydrogens is 849 g/mol. The zero-order valence-corrected chi connectivity index (χ0v) is 37.7. The normalized spacial score (nSPS) is 12.3. The van der Waals surface area contributed by atoms with E-state index in [-0.39, 0.29) is 0 Å². The molecule has 0 spiro atoms. The summed E-state index contributed by atoms with van der Waals surface area (Å²) in [4.78, 5) is 10.8. The summed E-state index contributed by atoms with van der Waals surface area (Å²) in [5, 5.41) is 15.6. The van der Waals surface area contributed by atoms with Crippen LogP contribution in [0, 0.1) is 0 Å². The van der Waals surface area contributed by atoms with E-state index in [4.69, 9.17) is 9.97 Å². The van der Waals surface area contributed by atoms with Crippen LogP contribution in [0.1, 0.15) is 0 Å². The van der Waals surface area contributed by atoms with Crippen LogP contribution in [0.15, 0.2) is 231 Å². The van der Waals surface area contributed by atoms with Crippen LogP contribution in [0.4, 0.5) is 0 Å². The monoisotopic (exact) mass is 886 g/mol. The molecule has 322 valence electrons. The lowest BCUT2D eigenvalue weighted by atomic mass is 9.96. The van der Waals surface area contributed by atoms with Crippen molar-refractivity contribution >= 4 is 97.6 Å². The highest BCUT2D eigenvalue weighted by molar-refractivity contribution is 6.21. The van der Waals surface area contributed by atoms with E-state index in [9.17, 15) is 0 Å². The van der Waals surface area contributed by atoms with E-state index in [1.54, 1.807) is 0 Å². The summed E-state index contributed by atoms with van der Waals surface area (Å²) in [6.07, 6.45) is 0. The quantitative estimate of drug-likeness (QED) is 0.176. The molecule has 70 heavy (non-hydrogen) atoms. The highest BCUT2D eigenvalue weighted by Gasteiger charge is 2.25. The molecule has 0 amide bonds. The Kier molecular flexibility index (Phi) is 7.58. The fraction of sp³-hybridized carbons (Fsp3) is 0. The summed E-state index contributed by atoms with van der Waals surface area (Å²) in [5.74, 6) is 0.727. The van der Waals surface area contributed by atoms with Crippen LogP contribution in [0.3, 0.4) is 0 Å². The highest BCUT2D eigenvalue weighted by Crippen LogP contribution is 2.50. The predicted octanol–water partition coefficient (Wildman–Crippen LogP) is 17.4. The second-order valence-electron chi connectivity index (χ2n) is 18.8. The average Bonchev–Trinajstić information content (AvgIpc) is 4.06. The summed E-state index contributed by atoms with van der Waals surface area (Å²) in [7, 11) is 0. The SMILES string of the molecule is c1ccc2c(c1)-c1cccc3c(-c4nc(-c5ccc(-n6c7ccccc7c7cc8cc(-n9c%10ccccc%10c%10ccc%11ccccc%11c%109)ccc8cc76)c6ccccc56)c5ccccc5n4)ccc-2c13. The summed E-state index contributed by atoms with van der Waals surface area (Å²) in [6, 6.07) is 84.4. The van der Waals surface area contributed by atoms with Gasteiger partial charge in [-0.1, -0.05) is 176 Å². The fourth-order valence-corrected chi connectivity index (χ4v) is 12.2. The van der Waals surface area contributed by atoms with Gasteiger partial charge in [0.25, 0.3) is 0 Å². The summed E-state index contributed by atoms with van der Waals surface area (Å²) >= 11 is 0. The standard InChI is InChI=1S/C66H38N4/c1-2-15-43-39(14-1)29-31-54-48-20-8-11-26-59(48)69(65(43)54)42-30-28-40-38-62-57(37-41(40)36-42)49-21-9-12-27-60(49)70(62)61-35-34-53(46-18-5-6-19-47(46)61)64-56-22-7-10-25-58(56)67-66(68-64)55-33-32-52-45-17-4-3-16-44(45)50-23-13-24-51(55)63(50)52/h1-38H. The minimum atomic E-state index is 0.727. The maximum Gasteiger partial charge on any atom is 0.161 e. The molecule has 0 radical (unpaired) electrons. The van der Waals surface area contributed by atoms with Crippen LogP contribution in [-0.4, -0.2) is 19.1 Å². The van der Waals surface area contributed by atoms with Gasteiger partial charge in [0, 0.05) is 54.5 Å². The second kappa shape index (κ2) is 14.1. The van der Waals surface area contributed by atoms with Crippen molar-refractivity contribution < 1.29 is 0 Å². The summed E-state index contributed by atoms with van der Waals surface area (Å²) in [6.45, 7) is 0. The van der Waals surface area contributed by atoms with Crippen molar-refractivity contribution in [1.82, 2.24) is 19.1 Å². The van der Waals surface area contributed by atoms with Crippen molar-refractivity contribution in [2.75, 3.05) is 0 Å². The second-order valence-corrected chi connectivity index (χ2v) is 18.8. The van der Waals surface area contributed by atoms with Gasteiger partial charge in [-0.15, -0.1) is 0 Å². The third-order valence-electron chi connectivity index (χ3n) is 15.2. The first-order chi connectivity index (χ1) is 34.7. The zero-order valence-electron chi connectivity index (χ0n) is 37.7. The van der Waals surface area contributed by atoms with E-state index in [2.05, 4.69) is 240 Å². The molecule has 0 aliphatic heterocycles. The smallest absolute Gasteiger partial charge is 0.161 e. The van der Waals surface area contributed by atoms with Gasteiger partial charge in [0.15, 0.2) is 5.82 Å². The fourth-order valence-electron chi connectivity index (χ4n) is 12.2. The Morgan fingerprint density at radius 1 is 0.286 bits per heavy atom. The number of hydrogen-bond donors (Lipinski definition) is 0. The molecule has 15 aromatic rings. The molecule has 0 saturated heterocycles. The van der Waals surface area contributed by atoms with Crippen molar-refractivity contribution in [3.05, 3.63) is 231 Å². The van der Waals surface area contributed by atoms with Crippen molar-refractivity contribution in [2.45, 2.75) is 0 Å². The molecule has 0 saturated carbocycles. The number of benzene rings is 12. The van der Waals surface area contributed by atoms with Crippen LogP contribution in [0.25, 0.3) is 154 Å². The molecule has 0 unspecified atom stereocenters. The number of fused-ring (bicyclic) bond motifs is 14. The van der Waals surface area contributed by atoms with E-state index >= 15 is 0 Å². The molecule has 1 aliphatic rings. The lowest BCUT2D eigenvalue weighted by Gasteiger charge is -2.17. The van der Waals surface area contributed by atoms with E-state index in [0.29, 0.717) is 0 Å². The van der Waals surface area contributed by atoms with Gasteiger partial charge in [-0.25, -0.2) is 9.97 Å². The van der Waals surface area contributed by atoms with Gasteiger partial charge in [0.05, 0.1) is 39.0 Å². The molecule has 0 atom stereocenters. The molecule has 4 heteroatoms. The van der Waals surface area contributed by atoms with Gasteiger partial charge in [-0.2, -0.15) is 0 Å². The Morgan fingerprint density at radius 3 is 1.74 bits per heavy atom. The van der Waals surface area contributed by atoms with Crippen LogP contribution in [0.5, 0.6) is 0 Å². The molecule has 0 fully saturated rings. The third kappa shape index (κ3) is 5.14. The van der Waals surface area contributed by atoms with Gasteiger partial charge in [0.1, 0.15) is 0 Å². The first kappa shape index (κ1) is 37.7. The molecule has 4 nitrogen and oxygen atoms in total. The summed E-state index contributed by atoms with van der Waals surface area (Å²) < 4.78 is 4.93. The van der Waals surface area contributed by atoms with Crippen molar-refractivity contribution in [3.63, 3.8) is 0 Å². The van der Waals surface area contributed by atoms with Gasteiger partial charge >= 0.3 is 0 Å². The Morgan fingerprint density at radius 2 is 0.900 bits per heavy atom. The summed E-state index contributed by atoms with van der Waals surface area (Å²) in [5.41, 5.74) is 16.1. The predicted molar refractivity (Wildman–Crippen MR) is 294 cm³/mol. The molecule has 3 aromatic heterocycles. The maximum absolute atomic E-state index is 5.55. The molecule has 3 heterocycles. The molecule has 0 N–H and O–H groups in total. The Balaban J connectivity index is 0.888. The first-order valence-electron chi connectivity index (χ1n) is 24.1. The van der Waals surface area contributed by atoms with E-state index < -0.39 is 0 Å². The van der Waals surface area contributed by atoms with E-state index in [1.165, 1.54) is 98.2 Å². The molecule has 0 bridgehead atoms. The zero-order chi connectivity index (χ0) is 45.6. The largest absolute Gasteiger partial charge is 0.309 e. The number of rotatable bonds is 4. The van der Waals surface area contributed by atoms with Gasteiger partial charge < -0.3 is 9.13 Å². The first-order valence-corrected chi connectivity index (χ1v) is 24.1. The average molecular weight is 887 g/mol. The van der Waals surface area contributed by atoms with Crippen molar-refractivity contribution in [1.29, 1.82) is 0 Å². The van der Waals surface area contributed by atoms with Gasteiger partial charge in [0.2, 0.25) is 0 Å². The van der Waals surface area contributed by atoms with Crippen molar-refractivity contribution in [3.8, 4) is 56.3 Å². The Hall–Kier alpha value is -9.38. The molecule has 12 aromatic carbocycles. The number of aromatic nitrogens is 4. The van der Waals surface area contributed by atoms with E-state index in [1.807, 2.05) is 0 Å². The van der Waals surface area contributed by atoms with Crippen LogP contribution >= 0.6 is 0 Å². The lowest BCUT2D eigenvalue weighted by molar-refractivity contribution is 1.19.